The highest BCUT2D eigenvalue weighted by atomic mass is 16.4. The molecule has 0 aliphatic rings. The van der Waals surface area contributed by atoms with Gasteiger partial charge in [-0.25, -0.2) is 0 Å². The number of aliphatic carboxylic acids is 1. The van der Waals surface area contributed by atoms with Crippen LogP contribution in [-0.4, -0.2) is 16.2 Å². The van der Waals surface area contributed by atoms with Crippen LogP contribution in [0.4, 0.5) is 0 Å². The molecule has 0 radical (unpaired) electrons. The molecule has 3 heteroatoms. The molecule has 0 saturated carbocycles. The Morgan fingerprint density at radius 2 is 1.88 bits per heavy atom. The molecular formula is C13H18O3. The van der Waals surface area contributed by atoms with Crippen molar-refractivity contribution in [3.05, 3.63) is 35.4 Å². The van der Waals surface area contributed by atoms with Crippen LogP contribution in [0.25, 0.3) is 0 Å². The maximum atomic E-state index is 10.9. The Bertz CT molecular complexity index is 365. The van der Waals surface area contributed by atoms with Gasteiger partial charge in [-0.3, -0.25) is 4.79 Å². The molecule has 1 rings (SSSR count). The average Bonchev–Trinajstić information content (AvgIpc) is 2.28. The highest BCUT2D eigenvalue weighted by molar-refractivity contribution is 5.71. The monoisotopic (exact) mass is 222 g/mol. The van der Waals surface area contributed by atoms with E-state index in [2.05, 4.69) is 0 Å². The van der Waals surface area contributed by atoms with Crippen LogP contribution >= 0.6 is 0 Å². The minimum atomic E-state index is -1.34. The molecule has 2 unspecified atom stereocenters. The van der Waals surface area contributed by atoms with Crippen molar-refractivity contribution in [2.75, 3.05) is 0 Å². The lowest BCUT2D eigenvalue weighted by atomic mass is 9.84. The van der Waals surface area contributed by atoms with E-state index in [4.69, 9.17) is 5.11 Å². The van der Waals surface area contributed by atoms with E-state index in [1.54, 1.807) is 12.1 Å². The molecule has 0 aliphatic carbocycles. The summed E-state index contributed by atoms with van der Waals surface area (Å²) in [4.78, 5) is 10.9. The van der Waals surface area contributed by atoms with E-state index < -0.39 is 17.5 Å². The topological polar surface area (TPSA) is 57.5 Å². The second-order valence-electron chi connectivity index (χ2n) is 4.26. The van der Waals surface area contributed by atoms with Gasteiger partial charge in [0.1, 0.15) is 0 Å². The van der Waals surface area contributed by atoms with Crippen molar-refractivity contribution >= 4 is 5.97 Å². The van der Waals surface area contributed by atoms with Crippen LogP contribution in [0.2, 0.25) is 0 Å². The summed E-state index contributed by atoms with van der Waals surface area (Å²) in [5.41, 5.74) is 0.472. The summed E-state index contributed by atoms with van der Waals surface area (Å²) in [5.74, 6) is -1.83. The van der Waals surface area contributed by atoms with Gasteiger partial charge in [0.2, 0.25) is 0 Å². The Hall–Kier alpha value is -1.35. The number of benzene rings is 1. The van der Waals surface area contributed by atoms with Gasteiger partial charge in [-0.15, -0.1) is 0 Å². The van der Waals surface area contributed by atoms with Gasteiger partial charge in [-0.05, 0) is 31.4 Å². The van der Waals surface area contributed by atoms with Gasteiger partial charge in [-0.1, -0.05) is 31.2 Å². The molecule has 0 heterocycles. The molecule has 88 valence electrons. The molecule has 0 aliphatic heterocycles. The van der Waals surface area contributed by atoms with E-state index in [1.165, 1.54) is 19.4 Å². The van der Waals surface area contributed by atoms with Crippen LogP contribution in [0.15, 0.2) is 24.3 Å². The first kappa shape index (κ1) is 12.7. The number of hydrogen-bond acceptors (Lipinski definition) is 2. The summed E-state index contributed by atoms with van der Waals surface area (Å²) >= 11 is 0. The Morgan fingerprint density at radius 1 is 1.38 bits per heavy atom. The van der Waals surface area contributed by atoms with E-state index in [0.29, 0.717) is 5.56 Å². The molecule has 0 aromatic heterocycles. The standard InChI is InChI=1S/C13H18O3/c1-4-10-5-7-11(8-6-10)13(3,16)9(2)12(14)15/h5-9,16H,4H2,1-3H3,(H,14,15). The van der Waals surface area contributed by atoms with Crippen LogP contribution in [-0.2, 0) is 16.8 Å². The molecule has 1 aromatic carbocycles. The van der Waals surface area contributed by atoms with Gasteiger partial charge in [-0.2, -0.15) is 0 Å². The zero-order valence-corrected chi connectivity index (χ0v) is 9.90. The van der Waals surface area contributed by atoms with Crippen LogP contribution < -0.4 is 0 Å². The fourth-order valence-electron chi connectivity index (χ4n) is 1.57. The number of carboxylic acids is 1. The van der Waals surface area contributed by atoms with Crippen molar-refractivity contribution in [1.82, 2.24) is 0 Å². The summed E-state index contributed by atoms with van der Waals surface area (Å²) in [6.07, 6.45) is 0.927. The molecule has 0 amide bonds. The zero-order chi connectivity index (χ0) is 12.3. The first-order valence-corrected chi connectivity index (χ1v) is 5.44. The van der Waals surface area contributed by atoms with Gasteiger partial charge in [0.25, 0.3) is 0 Å². The smallest absolute Gasteiger partial charge is 0.309 e. The first-order chi connectivity index (χ1) is 7.39. The summed E-state index contributed by atoms with van der Waals surface area (Å²) in [6.45, 7) is 5.09. The van der Waals surface area contributed by atoms with Gasteiger partial charge >= 0.3 is 5.97 Å². The average molecular weight is 222 g/mol. The van der Waals surface area contributed by atoms with Crippen LogP contribution in [0, 0.1) is 5.92 Å². The molecule has 2 atom stereocenters. The van der Waals surface area contributed by atoms with E-state index in [0.717, 1.165) is 6.42 Å². The maximum absolute atomic E-state index is 10.9. The van der Waals surface area contributed by atoms with Crippen molar-refractivity contribution in [1.29, 1.82) is 0 Å². The van der Waals surface area contributed by atoms with E-state index in [1.807, 2.05) is 19.1 Å². The third kappa shape index (κ3) is 2.42. The molecule has 2 N–H and O–H groups in total. The summed E-state index contributed by atoms with van der Waals surface area (Å²) in [5, 5.41) is 19.1. The minimum Gasteiger partial charge on any atom is -0.481 e. The number of aryl methyl sites for hydroxylation is 1. The van der Waals surface area contributed by atoms with Crippen LogP contribution in [0.3, 0.4) is 0 Å². The minimum absolute atomic E-state index is 0.639. The fourth-order valence-corrected chi connectivity index (χ4v) is 1.57. The molecule has 0 saturated heterocycles. The molecule has 1 aromatic rings. The molecule has 3 nitrogen and oxygen atoms in total. The number of aliphatic hydroxyl groups is 1. The molecule has 0 fully saturated rings. The van der Waals surface area contributed by atoms with E-state index in [9.17, 15) is 9.90 Å². The third-order valence-corrected chi connectivity index (χ3v) is 3.16. The highest BCUT2D eigenvalue weighted by Gasteiger charge is 2.35. The Labute approximate surface area is 95.7 Å². The molecule has 16 heavy (non-hydrogen) atoms. The van der Waals surface area contributed by atoms with Crippen molar-refractivity contribution in [3.8, 4) is 0 Å². The molecule has 0 bridgehead atoms. The SMILES string of the molecule is CCc1ccc(C(C)(O)C(C)C(=O)O)cc1. The predicted octanol–water partition coefficient (Wildman–Crippen LogP) is 2.18. The Morgan fingerprint density at radius 3 is 2.25 bits per heavy atom. The van der Waals surface area contributed by atoms with Crippen molar-refractivity contribution < 1.29 is 15.0 Å². The zero-order valence-electron chi connectivity index (χ0n) is 9.90. The molecule has 0 spiro atoms. The first-order valence-electron chi connectivity index (χ1n) is 5.44. The number of hydrogen-bond donors (Lipinski definition) is 2. The summed E-state index contributed by atoms with van der Waals surface area (Å²) in [7, 11) is 0. The third-order valence-electron chi connectivity index (χ3n) is 3.16. The van der Waals surface area contributed by atoms with Crippen molar-refractivity contribution in [3.63, 3.8) is 0 Å². The lowest BCUT2D eigenvalue weighted by Crippen LogP contribution is -2.35. The maximum Gasteiger partial charge on any atom is 0.309 e. The van der Waals surface area contributed by atoms with Gasteiger partial charge < -0.3 is 10.2 Å². The van der Waals surface area contributed by atoms with Gasteiger partial charge in [0.05, 0.1) is 11.5 Å². The van der Waals surface area contributed by atoms with Crippen LogP contribution in [0.5, 0.6) is 0 Å². The number of carboxylic acid groups (broad SMARTS) is 1. The Balaban J connectivity index is 3.02. The lowest BCUT2D eigenvalue weighted by molar-refractivity contribution is -0.150. The normalized spacial score (nSPS) is 16.5. The molecular weight excluding hydrogens is 204 g/mol. The van der Waals surface area contributed by atoms with E-state index in [-0.39, 0.29) is 0 Å². The highest BCUT2D eigenvalue weighted by Crippen LogP contribution is 2.29. The van der Waals surface area contributed by atoms with Crippen molar-refractivity contribution in [2.45, 2.75) is 32.8 Å². The number of carbonyl (C=O) groups is 1. The predicted molar refractivity (Wildman–Crippen MR) is 62.2 cm³/mol. The Kier molecular flexibility index (Phi) is 3.70. The summed E-state index contributed by atoms with van der Waals surface area (Å²) in [6, 6.07) is 7.41. The van der Waals surface area contributed by atoms with Gasteiger partial charge in [0.15, 0.2) is 0 Å². The van der Waals surface area contributed by atoms with Crippen LogP contribution in [0.1, 0.15) is 31.9 Å². The summed E-state index contributed by atoms with van der Waals surface area (Å²) < 4.78 is 0. The van der Waals surface area contributed by atoms with E-state index >= 15 is 0 Å². The second kappa shape index (κ2) is 4.66. The quantitative estimate of drug-likeness (QED) is 0.821. The second-order valence-corrected chi connectivity index (χ2v) is 4.26. The van der Waals surface area contributed by atoms with Gasteiger partial charge in [0, 0.05) is 0 Å². The fraction of sp³-hybridized carbons (Fsp3) is 0.462. The largest absolute Gasteiger partial charge is 0.481 e. The number of rotatable bonds is 4. The lowest BCUT2D eigenvalue weighted by Gasteiger charge is -2.28. The van der Waals surface area contributed by atoms with Crippen molar-refractivity contribution in [2.24, 2.45) is 5.92 Å².